The van der Waals surface area contributed by atoms with Gasteiger partial charge in [0.25, 0.3) is 0 Å². The molecule has 0 spiro atoms. The van der Waals surface area contributed by atoms with Crippen molar-refractivity contribution in [3.63, 3.8) is 0 Å². The van der Waals surface area contributed by atoms with Gasteiger partial charge in [0.15, 0.2) is 0 Å². The smallest absolute Gasteiger partial charge is 0.410 e. The molecule has 1 aromatic heterocycles. The largest absolute Gasteiger partial charge is 0.445 e. The zero-order valence-electron chi connectivity index (χ0n) is 12.2. The van der Waals surface area contributed by atoms with E-state index in [1.54, 1.807) is 11.1 Å². The van der Waals surface area contributed by atoms with E-state index in [1.807, 2.05) is 41.2 Å². The number of amides is 1. The van der Waals surface area contributed by atoms with E-state index in [1.165, 1.54) is 0 Å². The molecular formula is C16H18BrN3O2. The van der Waals surface area contributed by atoms with Crippen LogP contribution in [0.1, 0.15) is 24.4 Å². The SMILES string of the molecule is O=C(OCc1ccccc1)N1CCC(n2cc(Br)cn2)CC1. The number of halogens is 1. The number of aromatic nitrogens is 2. The maximum absolute atomic E-state index is 12.1. The summed E-state index contributed by atoms with van der Waals surface area (Å²) >= 11 is 3.41. The Labute approximate surface area is 138 Å². The van der Waals surface area contributed by atoms with Crippen LogP contribution in [0.5, 0.6) is 0 Å². The molecule has 1 fully saturated rings. The Hall–Kier alpha value is -1.82. The van der Waals surface area contributed by atoms with Crippen molar-refractivity contribution in [1.29, 1.82) is 0 Å². The van der Waals surface area contributed by atoms with Gasteiger partial charge in [-0.3, -0.25) is 4.68 Å². The Morgan fingerprint density at radius 2 is 2.00 bits per heavy atom. The highest BCUT2D eigenvalue weighted by atomic mass is 79.9. The molecule has 5 nitrogen and oxygen atoms in total. The predicted molar refractivity (Wildman–Crippen MR) is 86.4 cm³/mol. The summed E-state index contributed by atoms with van der Waals surface area (Å²) < 4.78 is 8.32. The lowest BCUT2D eigenvalue weighted by atomic mass is 10.1. The van der Waals surface area contributed by atoms with Crippen LogP contribution in [0.3, 0.4) is 0 Å². The van der Waals surface area contributed by atoms with Crippen molar-refractivity contribution >= 4 is 22.0 Å². The third kappa shape index (κ3) is 3.68. The molecule has 6 heteroatoms. The summed E-state index contributed by atoms with van der Waals surface area (Å²) in [6.07, 6.45) is 5.33. The van der Waals surface area contributed by atoms with Gasteiger partial charge in [-0.2, -0.15) is 5.10 Å². The normalized spacial score (nSPS) is 15.8. The fourth-order valence-corrected chi connectivity index (χ4v) is 2.94. The van der Waals surface area contributed by atoms with E-state index >= 15 is 0 Å². The van der Waals surface area contributed by atoms with Gasteiger partial charge in [0.1, 0.15) is 6.61 Å². The summed E-state index contributed by atoms with van der Waals surface area (Å²) in [7, 11) is 0. The topological polar surface area (TPSA) is 47.4 Å². The number of nitrogens with zero attached hydrogens (tertiary/aromatic N) is 3. The van der Waals surface area contributed by atoms with Gasteiger partial charge in [0.2, 0.25) is 0 Å². The number of carbonyl (C=O) groups is 1. The number of rotatable bonds is 3. The number of piperidine rings is 1. The first-order chi connectivity index (χ1) is 10.7. The summed E-state index contributed by atoms with van der Waals surface area (Å²) in [5.74, 6) is 0. The second-order valence-corrected chi connectivity index (χ2v) is 6.31. The third-order valence-electron chi connectivity index (χ3n) is 3.87. The Morgan fingerprint density at radius 1 is 1.27 bits per heavy atom. The number of benzene rings is 1. The number of hydrogen-bond acceptors (Lipinski definition) is 3. The minimum Gasteiger partial charge on any atom is -0.445 e. The Balaban J connectivity index is 1.47. The highest BCUT2D eigenvalue weighted by Gasteiger charge is 2.25. The van der Waals surface area contributed by atoms with Crippen LogP contribution in [-0.2, 0) is 11.3 Å². The van der Waals surface area contributed by atoms with Gasteiger partial charge in [0.05, 0.1) is 16.7 Å². The minimum absolute atomic E-state index is 0.232. The summed E-state index contributed by atoms with van der Waals surface area (Å²) in [5.41, 5.74) is 1.01. The third-order valence-corrected chi connectivity index (χ3v) is 4.28. The number of carbonyl (C=O) groups excluding carboxylic acids is 1. The van der Waals surface area contributed by atoms with E-state index in [9.17, 15) is 4.79 Å². The highest BCUT2D eigenvalue weighted by molar-refractivity contribution is 9.10. The van der Waals surface area contributed by atoms with Crippen LogP contribution in [0.2, 0.25) is 0 Å². The molecule has 1 saturated heterocycles. The molecule has 0 saturated carbocycles. The molecule has 22 heavy (non-hydrogen) atoms. The van der Waals surface area contributed by atoms with Crippen molar-refractivity contribution in [2.24, 2.45) is 0 Å². The quantitative estimate of drug-likeness (QED) is 0.836. The molecule has 1 aliphatic heterocycles. The molecule has 0 bridgehead atoms. The molecule has 1 aliphatic rings. The van der Waals surface area contributed by atoms with Crippen molar-refractivity contribution in [1.82, 2.24) is 14.7 Å². The van der Waals surface area contributed by atoms with Gasteiger partial charge in [-0.1, -0.05) is 30.3 Å². The average molecular weight is 364 g/mol. The predicted octanol–water partition coefficient (Wildman–Crippen LogP) is 3.62. The van der Waals surface area contributed by atoms with Crippen molar-refractivity contribution in [3.8, 4) is 0 Å². The van der Waals surface area contributed by atoms with E-state index in [-0.39, 0.29) is 6.09 Å². The summed E-state index contributed by atoms with van der Waals surface area (Å²) in [4.78, 5) is 13.9. The lowest BCUT2D eigenvalue weighted by Gasteiger charge is -2.31. The Bertz CT molecular complexity index is 621. The molecule has 3 rings (SSSR count). The minimum atomic E-state index is -0.232. The molecule has 0 atom stereocenters. The summed E-state index contributed by atoms with van der Waals surface area (Å²) in [5, 5.41) is 4.32. The second-order valence-electron chi connectivity index (χ2n) is 5.40. The highest BCUT2D eigenvalue weighted by Crippen LogP contribution is 2.23. The maximum atomic E-state index is 12.1. The van der Waals surface area contributed by atoms with Crippen LogP contribution < -0.4 is 0 Å². The van der Waals surface area contributed by atoms with Gasteiger partial charge in [0, 0.05) is 19.3 Å². The molecule has 2 heterocycles. The first kappa shape index (κ1) is 15.1. The number of likely N-dealkylation sites (tertiary alicyclic amines) is 1. The van der Waals surface area contributed by atoms with Crippen LogP contribution in [0.15, 0.2) is 47.2 Å². The van der Waals surface area contributed by atoms with Gasteiger partial charge in [-0.15, -0.1) is 0 Å². The molecule has 2 aromatic rings. The molecule has 1 amide bonds. The van der Waals surface area contributed by atoms with Crippen LogP contribution in [-0.4, -0.2) is 33.9 Å². The van der Waals surface area contributed by atoms with E-state index < -0.39 is 0 Å². The first-order valence-corrected chi connectivity index (χ1v) is 8.17. The summed E-state index contributed by atoms with van der Waals surface area (Å²) in [6.45, 7) is 1.73. The van der Waals surface area contributed by atoms with Crippen LogP contribution in [0.4, 0.5) is 4.79 Å². The molecule has 0 unspecified atom stereocenters. The molecule has 0 aliphatic carbocycles. The van der Waals surface area contributed by atoms with E-state index in [2.05, 4.69) is 21.0 Å². The van der Waals surface area contributed by atoms with E-state index in [4.69, 9.17) is 4.74 Å². The van der Waals surface area contributed by atoms with Crippen LogP contribution in [0, 0.1) is 0 Å². The van der Waals surface area contributed by atoms with Gasteiger partial charge >= 0.3 is 6.09 Å². The molecular weight excluding hydrogens is 346 g/mol. The zero-order chi connectivity index (χ0) is 15.4. The van der Waals surface area contributed by atoms with Crippen molar-refractivity contribution in [2.75, 3.05) is 13.1 Å². The molecule has 1 aromatic carbocycles. The van der Waals surface area contributed by atoms with E-state index in [0.29, 0.717) is 25.7 Å². The molecule has 0 radical (unpaired) electrons. The van der Waals surface area contributed by atoms with Crippen LogP contribution in [0.25, 0.3) is 0 Å². The fraction of sp³-hybridized carbons (Fsp3) is 0.375. The lowest BCUT2D eigenvalue weighted by Crippen LogP contribution is -2.39. The van der Waals surface area contributed by atoms with Crippen molar-refractivity contribution < 1.29 is 9.53 Å². The number of ether oxygens (including phenoxy) is 1. The van der Waals surface area contributed by atoms with Crippen molar-refractivity contribution in [2.45, 2.75) is 25.5 Å². The van der Waals surface area contributed by atoms with Crippen molar-refractivity contribution in [3.05, 3.63) is 52.8 Å². The average Bonchev–Trinajstić information content (AvgIpc) is 3.00. The first-order valence-electron chi connectivity index (χ1n) is 7.37. The standard InChI is InChI=1S/C16H18BrN3O2/c17-14-10-18-20(11-14)15-6-8-19(9-7-15)16(21)22-12-13-4-2-1-3-5-13/h1-5,10-11,15H,6-9,12H2. The van der Waals surface area contributed by atoms with Gasteiger partial charge in [-0.05, 0) is 34.3 Å². The zero-order valence-corrected chi connectivity index (χ0v) is 13.8. The molecule has 0 N–H and O–H groups in total. The molecule has 116 valence electrons. The van der Waals surface area contributed by atoms with E-state index in [0.717, 1.165) is 22.9 Å². The Kier molecular flexibility index (Phi) is 4.77. The fourth-order valence-electron chi connectivity index (χ4n) is 2.64. The second kappa shape index (κ2) is 6.96. The number of hydrogen-bond donors (Lipinski definition) is 0. The monoisotopic (exact) mass is 363 g/mol. The van der Waals surface area contributed by atoms with Crippen LogP contribution >= 0.6 is 15.9 Å². The van der Waals surface area contributed by atoms with Gasteiger partial charge < -0.3 is 9.64 Å². The lowest BCUT2D eigenvalue weighted by molar-refractivity contribution is 0.0821. The summed E-state index contributed by atoms with van der Waals surface area (Å²) in [6, 6.07) is 10.1. The Morgan fingerprint density at radius 3 is 2.64 bits per heavy atom. The van der Waals surface area contributed by atoms with Gasteiger partial charge in [-0.25, -0.2) is 4.79 Å². The maximum Gasteiger partial charge on any atom is 0.410 e.